The van der Waals surface area contributed by atoms with E-state index in [0.717, 1.165) is 32.1 Å². The molecule has 0 aromatic heterocycles. The number of nitro benzene ring substituents is 1. The maximum Gasteiger partial charge on any atom is 0.285 e. The van der Waals surface area contributed by atoms with Crippen LogP contribution in [0.2, 0.25) is 0 Å². The van der Waals surface area contributed by atoms with Gasteiger partial charge in [0.15, 0.2) is 0 Å². The van der Waals surface area contributed by atoms with Gasteiger partial charge in [-0.3, -0.25) is 14.3 Å². The summed E-state index contributed by atoms with van der Waals surface area (Å²) in [4.78, 5) is 11.1. The van der Waals surface area contributed by atoms with Gasteiger partial charge >= 0.3 is 0 Å². The fraction of sp³-hybridized carbons (Fsp3) is 0.600. The second-order valence-corrected chi connectivity index (χ2v) is 7.09. The van der Waals surface area contributed by atoms with Crippen LogP contribution in [0.1, 0.15) is 38.5 Å². The van der Waals surface area contributed by atoms with Crippen molar-refractivity contribution in [1.29, 1.82) is 0 Å². The molecule has 2 rings (SSSR count). The smallest absolute Gasteiger partial charge is 0.285 e. The van der Waals surface area contributed by atoms with Crippen molar-refractivity contribution in [2.45, 2.75) is 54.7 Å². The lowest BCUT2D eigenvalue weighted by atomic mass is 9.96. The average Bonchev–Trinajstić information content (AvgIpc) is 2.46. The third-order valence-electron chi connectivity index (χ3n) is 4.13. The van der Waals surface area contributed by atoms with Gasteiger partial charge in [-0.2, -0.15) is 0 Å². The SMILES string of the molecule is CNC1CCCCCCC1S(=O)c1ccccc1[N+](=O)[O-]. The molecule has 5 nitrogen and oxygen atoms in total. The Hall–Kier alpha value is -1.27. The molecule has 1 N–H and O–H groups in total. The summed E-state index contributed by atoms with van der Waals surface area (Å²) in [5, 5.41) is 14.3. The minimum atomic E-state index is -1.35. The second-order valence-electron chi connectivity index (χ2n) is 5.45. The molecule has 1 saturated carbocycles. The molecule has 3 atom stereocenters. The van der Waals surface area contributed by atoms with Crippen LogP contribution in [0.3, 0.4) is 0 Å². The topological polar surface area (TPSA) is 72.2 Å². The first-order valence-corrected chi connectivity index (χ1v) is 8.67. The monoisotopic (exact) mass is 310 g/mol. The van der Waals surface area contributed by atoms with Gasteiger partial charge in [0.2, 0.25) is 0 Å². The van der Waals surface area contributed by atoms with E-state index < -0.39 is 15.7 Å². The summed E-state index contributed by atoms with van der Waals surface area (Å²) < 4.78 is 12.9. The predicted octanol–water partition coefficient (Wildman–Crippen LogP) is 3.01. The third kappa shape index (κ3) is 3.89. The number of hydrogen-bond donors (Lipinski definition) is 1. The fourth-order valence-electron chi connectivity index (χ4n) is 2.98. The van der Waals surface area contributed by atoms with Crippen molar-refractivity contribution in [2.75, 3.05) is 7.05 Å². The van der Waals surface area contributed by atoms with Crippen LogP contribution in [0.15, 0.2) is 29.2 Å². The van der Waals surface area contributed by atoms with Gasteiger partial charge in [-0.15, -0.1) is 0 Å². The van der Waals surface area contributed by atoms with Gasteiger partial charge < -0.3 is 5.32 Å². The Labute approximate surface area is 127 Å². The molecular formula is C15H22N2O3S. The van der Waals surface area contributed by atoms with Crippen LogP contribution in [0.5, 0.6) is 0 Å². The van der Waals surface area contributed by atoms with Crippen LogP contribution in [0.25, 0.3) is 0 Å². The molecule has 21 heavy (non-hydrogen) atoms. The first-order chi connectivity index (χ1) is 10.1. The minimum Gasteiger partial charge on any atom is -0.316 e. The normalized spacial score (nSPS) is 24.8. The van der Waals surface area contributed by atoms with Crippen molar-refractivity contribution in [2.24, 2.45) is 0 Å². The zero-order chi connectivity index (χ0) is 15.2. The van der Waals surface area contributed by atoms with Crippen molar-refractivity contribution in [3.8, 4) is 0 Å². The van der Waals surface area contributed by atoms with E-state index in [9.17, 15) is 14.3 Å². The molecule has 1 aromatic rings. The van der Waals surface area contributed by atoms with Crippen LogP contribution in [0, 0.1) is 10.1 Å². The minimum absolute atomic E-state index is 0.0345. The quantitative estimate of drug-likeness (QED) is 0.685. The Morgan fingerprint density at radius 3 is 2.52 bits per heavy atom. The first kappa shape index (κ1) is 16.1. The molecule has 1 aliphatic carbocycles. The zero-order valence-electron chi connectivity index (χ0n) is 12.3. The van der Waals surface area contributed by atoms with Crippen molar-refractivity contribution >= 4 is 16.5 Å². The average molecular weight is 310 g/mol. The number of benzene rings is 1. The van der Waals surface area contributed by atoms with E-state index in [2.05, 4.69) is 5.32 Å². The van der Waals surface area contributed by atoms with Crippen LogP contribution < -0.4 is 5.32 Å². The Kier molecular flexibility index (Phi) is 5.87. The number of nitrogens with zero attached hydrogens (tertiary/aromatic N) is 1. The lowest BCUT2D eigenvalue weighted by Crippen LogP contribution is -2.41. The van der Waals surface area contributed by atoms with E-state index in [1.54, 1.807) is 18.2 Å². The number of para-hydroxylation sites is 1. The summed E-state index contributed by atoms with van der Waals surface area (Å²) in [5.41, 5.74) is -0.0345. The molecule has 0 bridgehead atoms. The standard InChI is InChI=1S/C15H22N2O3S/c1-16-12-8-4-2-3-5-10-14(12)21(20)15-11-7-6-9-13(15)17(18)19/h6-7,9,11-12,14,16H,2-5,8,10H2,1H3. The van der Waals surface area contributed by atoms with Gasteiger partial charge in [-0.25, -0.2) is 0 Å². The maximum atomic E-state index is 12.9. The summed E-state index contributed by atoms with van der Waals surface area (Å²) >= 11 is 0. The van der Waals surface area contributed by atoms with E-state index in [4.69, 9.17) is 0 Å². The summed E-state index contributed by atoms with van der Waals surface area (Å²) in [5.74, 6) is 0. The number of nitro groups is 1. The number of hydrogen-bond acceptors (Lipinski definition) is 4. The van der Waals surface area contributed by atoms with E-state index in [0.29, 0.717) is 4.90 Å². The van der Waals surface area contributed by atoms with E-state index in [1.165, 1.54) is 12.5 Å². The largest absolute Gasteiger partial charge is 0.316 e. The molecule has 1 fully saturated rings. The Bertz CT molecular complexity index is 521. The summed E-state index contributed by atoms with van der Waals surface area (Å²) in [6.07, 6.45) is 6.35. The van der Waals surface area contributed by atoms with Gasteiger partial charge in [-0.05, 0) is 26.0 Å². The highest BCUT2D eigenvalue weighted by molar-refractivity contribution is 7.86. The molecule has 3 unspecified atom stereocenters. The zero-order valence-corrected chi connectivity index (χ0v) is 13.1. The number of nitrogens with one attached hydrogen (secondary N) is 1. The molecule has 1 aliphatic rings. The van der Waals surface area contributed by atoms with Crippen LogP contribution in [-0.2, 0) is 10.8 Å². The Balaban J connectivity index is 2.29. The molecule has 116 valence electrons. The summed E-state index contributed by atoms with van der Waals surface area (Å²) in [7, 11) is 0.530. The summed E-state index contributed by atoms with van der Waals surface area (Å²) in [6.45, 7) is 0. The molecule has 0 amide bonds. The van der Waals surface area contributed by atoms with Crippen molar-refractivity contribution < 1.29 is 9.13 Å². The predicted molar refractivity (Wildman–Crippen MR) is 83.8 cm³/mol. The molecule has 0 radical (unpaired) electrons. The molecule has 0 aliphatic heterocycles. The van der Waals surface area contributed by atoms with E-state index >= 15 is 0 Å². The molecule has 0 spiro atoms. The summed E-state index contributed by atoms with van der Waals surface area (Å²) in [6, 6.07) is 6.56. The lowest BCUT2D eigenvalue weighted by Gasteiger charge is -2.28. The molecule has 1 aromatic carbocycles. The fourth-order valence-corrected chi connectivity index (χ4v) is 4.82. The van der Waals surface area contributed by atoms with Crippen LogP contribution >= 0.6 is 0 Å². The molecule has 0 saturated heterocycles. The Morgan fingerprint density at radius 2 is 1.86 bits per heavy atom. The van der Waals surface area contributed by atoms with E-state index in [-0.39, 0.29) is 17.0 Å². The van der Waals surface area contributed by atoms with Gasteiger partial charge in [0.25, 0.3) is 5.69 Å². The molecular weight excluding hydrogens is 288 g/mol. The highest BCUT2D eigenvalue weighted by Crippen LogP contribution is 2.29. The van der Waals surface area contributed by atoms with Gasteiger partial charge in [0.05, 0.1) is 21.0 Å². The van der Waals surface area contributed by atoms with Crippen molar-refractivity contribution in [3.63, 3.8) is 0 Å². The van der Waals surface area contributed by atoms with Crippen LogP contribution in [0.4, 0.5) is 5.69 Å². The van der Waals surface area contributed by atoms with Crippen LogP contribution in [-0.4, -0.2) is 27.5 Å². The molecule has 6 heteroatoms. The maximum absolute atomic E-state index is 12.9. The highest BCUT2D eigenvalue weighted by atomic mass is 32.2. The second kappa shape index (κ2) is 7.66. The van der Waals surface area contributed by atoms with Crippen molar-refractivity contribution in [3.05, 3.63) is 34.4 Å². The molecule has 0 heterocycles. The lowest BCUT2D eigenvalue weighted by molar-refractivity contribution is -0.387. The third-order valence-corrected chi connectivity index (χ3v) is 6.02. The highest BCUT2D eigenvalue weighted by Gasteiger charge is 2.31. The Morgan fingerprint density at radius 1 is 1.19 bits per heavy atom. The van der Waals surface area contributed by atoms with Gasteiger partial charge in [0, 0.05) is 12.1 Å². The first-order valence-electron chi connectivity index (χ1n) is 7.46. The van der Waals surface area contributed by atoms with Gasteiger partial charge in [-0.1, -0.05) is 37.8 Å². The van der Waals surface area contributed by atoms with Gasteiger partial charge in [0.1, 0.15) is 4.90 Å². The van der Waals surface area contributed by atoms with E-state index in [1.807, 2.05) is 7.05 Å². The number of rotatable bonds is 4. The van der Waals surface area contributed by atoms with Crippen molar-refractivity contribution in [1.82, 2.24) is 5.32 Å².